The van der Waals surface area contributed by atoms with Gasteiger partial charge in [-0.1, -0.05) is 18.2 Å². The molecular formula is C31H41FN6O2. The molecule has 1 saturated carbocycles. The highest BCUT2D eigenvalue weighted by atomic mass is 19.1. The number of nitrogens with one attached hydrogen (secondary N) is 2. The van der Waals surface area contributed by atoms with Crippen LogP contribution in [0.4, 0.5) is 10.1 Å². The molecule has 1 saturated heterocycles. The average Bonchev–Trinajstić information content (AvgIpc) is 3.76. The molecule has 214 valence electrons. The highest BCUT2D eigenvalue weighted by Crippen LogP contribution is 2.44. The molecule has 3 atom stereocenters. The summed E-state index contributed by atoms with van der Waals surface area (Å²) in [5, 5.41) is 6.04. The number of nitrogens with zero attached hydrogens (tertiary/aromatic N) is 3. The van der Waals surface area contributed by atoms with Gasteiger partial charge in [0.05, 0.1) is 0 Å². The maximum Gasteiger partial charge on any atom is 0.251 e. The number of rotatable bonds is 13. The third-order valence-corrected chi connectivity index (χ3v) is 7.74. The molecule has 8 nitrogen and oxygen atoms in total. The molecule has 0 aromatic heterocycles. The molecule has 4 rings (SSSR count). The lowest BCUT2D eigenvalue weighted by Crippen LogP contribution is -2.54. The van der Waals surface area contributed by atoms with Gasteiger partial charge < -0.3 is 26.2 Å². The van der Waals surface area contributed by atoms with Crippen molar-refractivity contribution in [2.24, 2.45) is 5.73 Å². The van der Waals surface area contributed by atoms with Crippen LogP contribution in [0.5, 0.6) is 0 Å². The fourth-order valence-electron chi connectivity index (χ4n) is 5.32. The maximum absolute atomic E-state index is 13.6. The molecular weight excluding hydrogens is 507 g/mol. The van der Waals surface area contributed by atoms with Crippen LogP contribution in [0.15, 0.2) is 73.6 Å². The first-order valence-electron chi connectivity index (χ1n) is 14.0. The fraction of sp³-hybridized carbons (Fsp3) is 0.419. The molecule has 2 aromatic carbocycles. The molecule has 1 aliphatic heterocycles. The minimum Gasteiger partial charge on any atom is -0.403 e. The van der Waals surface area contributed by atoms with E-state index in [1.807, 2.05) is 30.2 Å². The molecule has 2 unspecified atom stereocenters. The molecule has 4 N–H and O–H groups in total. The van der Waals surface area contributed by atoms with Crippen molar-refractivity contribution in [1.82, 2.24) is 20.0 Å². The van der Waals surface area contributed by atoms with Crippen LogP contribution in [-0.2, 0) is 4.79 Å². The van der Waals surface area contributed by atoms with E-state index in [0.29, 0.717) is 37.0 Å². The zero-order valence-corrected chi connectivity index (χ0v) is 23.3. The topological polar surface area (TPSA) is 93.9 Å². The Kier molecular flexibility index (Phi) is 10.3. The Labute approximate surface area is 236 Å². The highest BCUT2D eigenvalue weighted by Gasteiger charge is 2.42. The smallest absolute Gasteiger partial charge is 0.251 e. The maximum atomic E-state index is 13.6. The molecule has 2 fully saturated rings. The summed E-state index contributed by atoms with van der Waals surface area (Å²) in [6, 6.07) is 13.6. The molecule has 0 spiro atoms. The van der Waals surface area contributed by atoms with Crippen LogP contribution < -0.4 is 16.4 Å². The lowest BCUT2D eigenvalue weighted by Gasteiger charge is -2.35. The highest BCUT2D eigenvalue weighted by molar-refractivity contribution is 5.97. The van der Waals surface area contributed by atoms with E-state index >= 15 is 0 Å². The summed E-state index contributed by atoms with van der Waals surface area (Å²) in [5.41, 5.74) is 7.83. The first-order valence-corrected chi connectivity index (χ1v) is 14.0. The summed E-state index contributed by atoms with van der Waals surface area (Å²) in [5.74, 6) is -0.146. The lowest BCUT2D eigenvalue weighted by atomic mass is 10.1. The Bertz CT molecular complexity index is 1160. The Hall–Kier alpha value is -3.69. The second-order valence-corrected chi connectivity index (χ2v) is 10.6. The summed E-state index contributed by atoms with van der Waals surface area (Å²) in [6.07, 6.45) is 7.22. The van der Waals surface area contributed by atoms with Crippen molar-refractivity contribution < 1.29 is 14.0 Å². The SMILES string of the molecule is C=CCN(CCC[C@H](NC(=O)c1ccc(N/C=C\N)cc1)C(=O)N1CCN(C)CC1)C1CC1c1ccc(F)cc1. The quantitative estimate of drug-likeness (QED) is 0.333. The number of halogens is 1. The van der Waals surface area contributed by atoms with Crippen molar-refractivity contribution in [3.05, 3.63) is 90.5 Å². The van der Waals surface area contributed by atoms with Gasteiger partial charge in [0, 0.05) is 68.3 Å². The summed E-state index contributed by atoms with van der Waals surface area (Å²) in [7, 11) is 2.05. The van der Waals surface area contributed by atoms with E-state index in [2.05, 4.69) is 27.0 Å². The van der Waals surface area contributed by atoms with E-state index in [0.717, 1.165) is 50.3 Å². The summed E-state index contributed by atoms with van der Waals surface area (Å²) in [6.45, 7) is 8.39. The molecule has 2 aliphatic rings. The standard InChI is InChI=1S/C31H41FN6O2/c1-3-16-37(29-22-27(29)23-6-10-25(32)11-7-23)17-4-5-28(31(40)38-20-18-36(2)19-21-38)35-30(39)24-8-12-26(13-9-24)34-15-14-33/h3,6-15,27-29,34H,1,4-5,16-22,33H2,2H3,(H,35,39)/b15-14-/t27?,28-,29?/m0/s1. The number of nitrogens with two attached hydrogens (primary N) is 1. The molecule has 2 amide bonds. The predicted molar refractivity (Wildman–Crippen MR) is 157 cm³/mol. The fourth-order valence-corrected chi connectivity index (χ4v) is 5.32. The molecule has 0 bridgehead atoms. The van der Waals surface area contributed by atoms with E-state index in [4.69, 9.17) is 5.73 Å². The van der Waals surface area contributed by atoms with Gasteiger partial charge in [0.2, 0.25) is 5.91 Å². The van der Waals surface area contributed by atoms with E-state index < -0.39 is 6.04 Å². The number of anilines is 1. The number of likely N-dealkylation sites (N-methyl/N-ethyl adjacent to an activating group) is 1. The van der Waals surface area contributed by atoms with Crippen LogP contribution in [0.1, 0.15) is 41.1 Å². The Morgan fingerprint density at radius 3 is 2.48 bits per heavy atom. The lowest BCUT2D eigenvalue weighted by molar-refractivity contribution is -0.135. The molecule has 2 aromatic rings. The second-order valence-electron chi connectivity index (χ2n) is 10.6. The van der Waals surface area contributed by atoms with Gasteiger partial charge in [0.15, 0.2) is 0 Å². The van der Waals surface area contributed by atoms with E-state index in [-0.39, 0.29) is 17.6 Å². The van der Waals surface area contributed by atoms with Crippen LogP contribution in [-0.4, -0.2) is 84.9 Å². The minimum absolute atomic E-state index is 0.0290. The number of amides is 2. The van der Waals surface area contributed by atoms with Crippen molar-refractivity contribution in [2.75, 3.05) is 51.6 Å². The number of carbonyl (C=O) groups is 2. The van der Waals surface area contributed by atoms with E-state index in [1.54, 1.807) is 30.5 Å². The Morgan fingerprint density at radius 1 is 1.12 bits per heavy atom. The summed E-state index contributed by atoms with van der Waals surface area (Å²) < 4.78 is 13.4. The van der Waals surface area contributed by atoms with Crippen molar-refractivity contribution >= 4 is 17.5 Å². The van der Waals surface area contributed by atoms with Crippen molar-refractivity contribution in [1.29, 1.82) is 0 Å². The number of hydrogen-bond donors (Lipinski definition) is 3. The van der Waals surface area contributed by atoms with Gasteiger partial charge >= 0.3 is 0 Å². The van der Waals surface area contributed by atoms with Gasteiger partial charge in [-0.2, -0.15) is 0 Å². The molecule has 0 radical (unpaired) electrons. The molecule has 1 aliphatic carbocycles. The third kappa shape index (κ3) is 7.92. The zero-order chi connectivity index (χ0) is 28.5. The summed E-state index contributed by atoms with van der Waals surface area (Å²) >= 11 is 0. The molecule has 1 heterocycles. The number of piperazine rings is 1. The average molecular weight is 549 g/mol. The second kappa shape index (κ2) is 14.1. The third-order valence-electron chi connectivity index (χ3n) is 7.74. The van der Waals surface area contributed by atoms with Gasteiger partial charge in [-0.15, -0.1) is 6.58 Å². The van der Waals surface area contributed by atoms with Crippen LogP contribution in [0.2, 0.25) is 0 Å². The normalized spacial score (nSPS) is 19.9. The minimum atomic E-state index is -0.605. The Balaban J connectivity index is 1.38. The van der Waals surface area contributed by atoms with Gasteiger partial charge in [-0.25, -0.2) is 4.39 Å². The monoisotopic (exact) mass is 548 g/mol. The number of benzene rings is 2. The van der Waals surface area contributed by atoms with Crippen molar-refractivity contribution in [2.45, 2.75) is 37.3 Å². The van der Waals surface area contributed by atoms with Gasteiger partial charge in [0.1, 0.15) is 11.9 Å². The Morgan fingerprint density at radius 2 is 1.82 bits per heavy atom. The molecule has 40 heavy (non-hydrogen) atoms. The first kappa shape index (κ1) is 29.3. The van der Waals surface area contributed by atoms with Crippen LogP contribution in [0.25, 0.3) is 0 Å². The molecule has 9 heteroatoms. The number of hydrogen-bond acceptors (Lipinski definition) is 6. The predicted octanol–water partition coefficient (Wildman–Crippen LogP) is 3.36. The van der Waals surface area contributed by atoms with Crippen LogP contribution in [0, 0.1) is 5.82 Å². The van der Waals surface area contributed by atoms with Crippen LogP contribution in [0.3, 0.4) is 0 Å². The summed E-state index contributed by atoms with van der Waals surface area (Å²) in [4.78, 5) is 33.2. The van der Waals surface area contributed by atoms with E-state index in [1.165, 1.54) is 18.3 Å². The van der Waals surface area contributed by atoms with Gasteiger partial charge in [-0.05, 0) is 74.8 Å². The largest absolute Gasteiger partial charge is 0.403 e. The van der Waals surface area contributed by atoms with Gasteiger partial charge in [-0.3, -0.25) is 14.5 Å². The van der Waals surface area contributed by atoms with Crippen LogP contribution >= 0.6 is 0 Å². The van der Waals surface area contributed by atoms with E-state index in [9.17, 15) is 14.0 Å². The first-order chi connectivity index (χ1) is 19.4. The number of carbonyl (C=O) groups excluding carboxylic acids is 2. The van der Waals surface area contributed by atoms with Gasteiger partial charge in [0.25, 0.3) is 5.91 Å². The van der Waals surface area contributed by atoms with Crippen molar-refractivity contribution in [3.8, 4) is 0 Å². The zero-order valence-electron chi connectivity index (χ0n) is 23.3. The van der Waals surface area contributed by atoms with Crippen molar-refractivity contribution in [3.63, 3.8) is 0 Å².